The first-order chi connectivity index (χ1) is 8.83. The van der Waals surface area contributed by atoms with Gasteiger partial charge in [0.25, 0.3) is 0 Å². The lowest BCUT2D eigenvalue weighted by Crippen LogP contribution is -2.15. The Morgan fingerprint density at radius 1 is 1.28 bits per heavy atom. The highest BCUT2D eigenvalue weighted by Gasteiger charge is 2.13. The van der Waals surface area contributed by atoms with Gasteiger partial charge >= 0.3 is 0 Å². The van der Waals surface area contributed by atoms with Crippen molar-refractivity contribution in [2.24, 2.45) is 5.92 Å². The lowest BCUT2D eigenvalue weighted by molar-refractivity contribution is 0.171. The van der Waals surface area contributed by atoms with Gasteiger partial charge < -0.3 is 9.47 Å². The largest absolute Gasteiger partial charge is 0.486 e. The molecule has 0 N–H and O–H groups in total. The van der Waals surface area contributed by atoms with Crippen molar-refractivity contribution in [3.8, 4) is 11.5 Å². The molecule has 0 saturated carbocycles. The summed E-state index contributed by atoms with van der Waals surface area (Å²) in [4.78, 5) is 1.27. The molecule has 0 bridgehead atoms. The molecule has 100 valence electrons. The number of ether oxygens (including phenoxy) is 2. The fourth-order valence-electron chi connectivity index (χ4n) is 1.94. The van der Waals surface area contributed by atoms with E-state index in [1.54, 1.807) is 0 Å². The van der Waals surface area contributed by atoms with E-state index in [0.717, 1.165) is 28.5 Å². The van der Waals surface area contributed by atoms with E-state index in [9.17, 15) is 0 Å². The molecule has 18 heavy (non-hydrogen) atoms. The van der Waals surface area contributed by atoms with Crippen LogP contribution in [0.25, 0.3) is 0 Å². The van der Waals surface area contributed by atoms with Gasteiger partial charge in [0.05, 0.1) is 0 Å². The second-order valence-corrected chi connectivity index (χ2v) is 6.17. The molecule has 1 aromatic rings. The predicted octanol–water partition coefficient (Wildman–Crippen LogP) is 4.36. The molecular weight excluding hydrogens is 312 g/mol. The average Bonchev–Trinajstić information content (AvgIpc) is 2.43. The van der Waals surface area contributed by atoms with Crippen LogP contribution in [0.15, 0.2) is 23.1 Å². The third-order valence-corrected chi connectivity index (χ3v) is 5.06. The molecule has 1 aliphatic heterocycles. The molecule has 0 spiro atoms. The smallest absolute Gasteiger partial charge is 0.162 e. The summed E-state index contributed by atoms with van der Waals surface area (Å²) in [7, 11) is 0. The summed E-state index contributed by atoms with van der Waals surface area (Å²) in [6, 6.07) is 6.23. The molecule has 1 heterocycles. The van der Waals surface area contributed by atoms with Crippen molar-refractivity contribution in [2.75, 3.05) is 24.3 Å². The Hall–Kier alpha value is -0.350. The van der Waals surface area contributed by atoms with Crippen molar-refractivity contribution < 1.29 is 9.47 Å². The summed E-state index contributed by atoms with van der Waals surface area (Å²) >= 11 is 5.49. The highest BCUT2D eigenvalue weighted by Crippen LogP contribution is 2.35. The highest BCUT2D eigenvalue weighted by atomic mass is 79.9. The number of halogens is 1. The number of hydrogen-bond donors (Lipinski definition) is 0. The molecule has 4 heteroatoms. The normalized spacial score (nSPS) is 15.4. The molecule has 1 aromatic carbocycles. The SMILES string of the molecule is CCCC(CBr)CSc1ccc2c(c1)OCCO2. The van der Waals surface area contributed by atoms with Crippen molar-refractivity contribution in [1.29, 1.82) is 0 Å². The van der Waals surface area contributed by atoms with Crippen LogP contribution in [0.3, 0.4) is 0 Å². The number of benzene rings is 1. The molecule has 0 aliphatic carbocycles. The van der Waals surface area contributed by atoms with E-state index in [2.05, 4.69) is 35.0 Å². The summed E-state index contributed by atoms with van der Waals surface area (Å²) in [5, 5.41) is 1.08. The Morgan fingerprint density at radius 3 is 2.78 bits per heavy atom. The Bertz CT molecular complexity index is 384. The lowest BCUT2D eigenvalue weighted by Gasteiger charge is -2.19. The summed E-state index contributed by atoms with van der Waals surface area (Å²) in [5.41, 5.74) is 0. The first kappa shape index (κ1) is 14.1. The third kappa shape index (κ3) is 3.82. The summed E-state index contributed by atoms with van der Waals surface area (Å²) < 4.78 is 11.1. The van der Waals surface area contributed by atoms with Crippen LogP contribution in [-0.2, 0) is 0 Å². The Balaban J connectivity index is 1.93. The first-order valence-electron chi connectivity index (χ1n) is 6.42. The summed E-state index contributed by atoms with van der Waals surface area (Å²) in [6.07, 6.45) is 2.53. The Labute approximate surface area is 122 Å². The van der Waals surface area contributed by atoms with E-state index in [4.69, 9.17) is 9.47 Å². The monoisotopic (exact) mass is 330 g/mol. The van der Waals surface area contributed by atoms with Crippen LogP contribution in [-0.4, -0.2) is 24.3 Å². The predicted molar refractivity (Wildman–Crippen MR) is 80.3 cm³/mol. The van der Waals surface area contributed by atoms with Crippen LogP contribution in [0.1, 0.15) is 19.8 Å². The molecular formula is C14H19BrO2S. The van der Waals surface area contributed by atoms with E-state index in [0.29, 0.717) is 13.2 Å². The van der Waals surface area contributed by atoms with Gasteiger partial charge in [0.2, 0.25) is 0 Å². The van der Waals surface area contributed by atoms with Gasteiger partial charge in [-0.15, -0.1) is 11.8 Å². The zero-order valence-corrected chi connectivity index (χ0v) is 13.1. The maximum atomic E-state index is 5.60. The molecule has 1 aliphatic rings. The summed E-state index contributed by atoms with van der Waals surface area (Å²) in [6.45, 7) is 3.55. The third-order valence-electron chi connectivity index (χ3n) is 2.91. The molecule has 0 amide bonds. The van der Waals surface area contributed by atoms with Crippen LogP contribution < -0.4 is 9.47 Å². The van der Waals surface area contributed by atoms with Gasteiger partial charge in [0.1, 0.15) is 13.2 Å². The standard InChI is InChI=1S/C14H19BrO2S/c1-2-3-11(9-15)10-18-12-4-5-13-14(8-12)17-7-6-16-13/h4-5,8,11H,2-3,6-7,9-10H2,1H3. The average molecular weight is 331 g/mol. The van der Waals surface area contributed by atoms with Crippen LogP contribution in [0.2, 0.25) is 0 Å². The molecule has 1 atom stereocenters. The van der Waals surface area contributed by atoms with Crippen LogP contribution >= 0.6 is 27.7 Å². The fourth-order valence-corrected chi connectivity index (χ4v) is 3.86. The zero-order chi connectivity index (χ0) is 12.8. The fraction of sp³-hybridized carbons (Fsp3) is 0.571. The van der Waals surface area contributed by atoms with E-state index >= 15 is 0 Å². The van der Waals surface area contributed by atoms with Gasteiger partial charge in [-0.1, -0.05) is 29.3 Å². The van der Waals surface area contributed by atoms with Crippen molar-refractivity contribution in [1.82, 2.24) is 0 Å². The summed E-state index contributed by atoms with van der Waals surface area (Å²) in [5.74, 6) is 3.65. The second kappa shape index (κ2) is 7.29. The minimum absolute atomic E-state index is 0.654. The number of rotatable bonds is 6. The molecule has 0 fully saturated rings. The van der Waals surface area contributed by atoms with Gasteiger partial charge in [-0.25, -0.2) is 0 Å². The van der Waals surface area contributed by atoms with Crippen LogP contribution in [0.5, 0.6) is 11.5 Å². The number of hydrogen-bond acceptors (Lipinski definition) is 3. The lowest BCUT2D eigenvalue weighted by atomic mass is 10.1. The number of thioether (sulfide) groups is 1. The van der Waals surface area contributed by atoms with Crippen LogP contribution in [0, 0.1) is 5.92 Å². The van der Waals surface area contributed by atoms with Crippen molar-refractivity contribution in [2.45, 2.75) is 24.7 Å². The molecule has 1 unspecified atom stereocenters. The molecule has 0 aromatic heterocycles. The molecule has 2 rings (SSSR count). The molecule has 0 saturated heterocycles. The minimum Gasteiger partial charge on any atom is -0.486 e. The minimum atomic E-state index is 0.654. The van der Waals surface area contributed by atoms with Gasteiger partial charge in [0.15, 0.2) is 11.5 Å². The van der Waals surface area contributed by atoms with Crippen molar-refractivity contribution in [3.63, 3.8) is 0 Å². The molecule has 2 nitrogen and oxygen atoms in total. The maximum absolute atomic E-state index is 5.60. The Kier molecular flexibility index (Phi) is 5.70. The highest BCUT2D eigenvalue weighted by molar-refractivity contribution is 9.09. The van der Waals surface area contributed by atoms with E-state index in [1.807, 2.05) is 17.8 Å². The number of fused-ring (bicyclic) bond motifs is 1. The van der Waals surface area contributed by atoms with Crippen molar-refractivity contribution >= 4 is 27.7 Å². The first-order valence-corrected chi connectivity index (χ1v) is 8.52. The van der Waals surface area contributed by atoms with E-state index in [-0.39, 0.29) is 0 Å². The zero-order valence-electron chi connectivity index (χ0n) is 10.7. The second-order valence-electron chi connectivity index (χ2n) is 4.43. The number of alkyl halides is 1. The molecule has 0 radical (unpaired) electrons. The Morgan fingerprint density at radius 2 is 2.06 bits per heavy atom. The topological polar surface area (TPSA) is 18.5 Å². The van der Waals surface area contributed by atoms with Gasteiger partial charge in [-0.2, -0.15) is 0 Å². The van der Waals surface area contributed by atoms with Gasteiger partial charge in [0, 0.05) is 16.0 Å². The van der Waals surface area contributed by atoms with E-state index in [1.165, 1.54) is 17.7 Å². The van der Waals surface area contributed by atoms with Crippen molar-refractivity contribution in [3.05, 3.63) is 18.2 Å². The van der Waals surface area contributed by atoms with E-state index < -0.39 is 0 Å². The van der Waals surface area contributed by atoms with Gasteiger partial charge in [-0.3, -0.25) is 0 Å². The quantitative estimate of drug-likeness (QED) is 0.570. The van der Waals surface area contributed by atoms with Crippen LogP contribution in [0.4, 0.5) is 0 Å². The van der Waals surface area contributed by atoms with Gasteiger partial charge in [-0.05, 0) is 30.5 Å². The maximum Gasteiger partial charge on any atom is 0.162 e.